The van der Waals surface area contributed by atoms with E-state index < -0.39 is 5.41 Å². The van der Waals surface area contributed by atoms with Crippen LogP contribution in [-0.4, -0.2) is 0 Å². The highest BCUT2D eigenvalue weighted by Crippen LogP contribution is 2.63. The van der Waals surface area contributed by atoms with Gasteiger partial charge in [-0.05, 0) is 140 Å². The molecule has 0 aromatic heterocycles. The van der Waals surface area contributed by atoms with Crippen LogP contribution < -0.4 is 4.90 Å². The van der Waals surface area contributed by atoms with Gasteiger partial charge in [0.25, 0.3) is 0 Å². The molecule has 0 unspecified atom stereocenters. The monoisotopic (exact) mass is 691 g/mol. The average Bonchev–Trinajstić information content (AvgIpc) is 3.77. The summed E-state index contributed by atoms with van der Waals surface area (Å²) in [4.78, 5) is 2.52. The Hall–Kier alpha value is -6.18. The van der Waals surface area contributed by atoms with Crippen molar-refractivity contribution in [2.75, 3.05) is 4.90 Å². The van der Waals surface area contributed by atoms with Crippen LogP contribution in [0.15, 0.2) is 170 Å². The molecule has 11 rings (SSSR count). The minimum atomic E-state index is -0.402. The Labute approximate surface area is 318 Å². The summed E-state index contributed by atoms with van der Waals surface area (Å²) >= 11 is 0. The van der Waals surface area contributed by atoms with Gasteiger partial charge in [-0.2, -0.15) is 0 Å². The molecule has 7 aromatic rings. The van der Waals surface area contributed by atoms with E-state index in [0.717, 1.165) is 12.8 Å². The predicted molar refractivity (Wildman–Crippen MR) is 226 cm³/mol. The molecule has 1 nitrogen and oxygen atoms in total. The van der Waals surface area contributed by atoms with Gasteiger partial charge in [-0.3, -0.25) is 0 Å². The third-order valence-electron chi connectivity index (χ3n) is 12.8. The van der Waals surface area contributed by atoms with Crippen molar-refractivity contribution in [1.29, 1.82) is 0 Å². The smallest absolute Gasteiger partial charge is 0.0726 e. The molecular weight excluding hydrogens is 651 g/mol. The molecule has 0 bridgehead atoms. The summed E-state index contributed by atoms with van der Waals surface area (Å²) in [5, 5.41) is 0. The summed E-state index contributed by atoms with van der Waals surface area (Å²) < 4.78 is 0. The van der Waals surface area contributed by atoms with Crippen LogP contribution in [0.1, 0.15) is 71.2 Å². The van der Waals surface area contributed by atoms with Gasteiger partial charge in [0, 0.05) is 22.5 Å². The van der Waals surface area contributed by atoms with E-state index in [1.165, 1.54) is 101 Å². The molecule has 258 valence electrons. The van der Waals surface area contributed by atoms with Gasteiger partial charge in [0.05, 0.1) is 5.41 Å². The van der Waals surface area contributed by atoms with Crippen molar-refractivity contribution in [2.24, 2.45) is 0 Å². The van der Waals surface area contributed by atoms with Crippen LogP contribution >= 0.6 is 0 Å². The Kier molecular flexibility index (Phi) is 6.62. The Balaban J connectivity index is 1.16. The topological polar surface area (TPSA) is 3.24 Å². The standard InChI is InChI=1S/C53H41N/c1-34-31-36(35-15-5-4-6-16-35)25-30-51(34)54(37-26-28-43-39-17-7-11-21-45(39)52(2,3)49(43)32-37)38-27-29-44-42-20-10-14-24-48(42)53(50(44)33-38)46-22-12-8-18-40(46)41-19-9-13-23-47(41)53/h5,7-33H,4,6H2,1-3H3. The second-order valence-electron chi connectivity index (χ2n) is 16.0. The van der Waals surface area contributed by atoms with Gasteiger partial charge >= 0.3 is 0 Å². The Morgan fingerprint density at radius 1 is 0.463 bits per heavy atom. The fourth-order valence-corrected chi connectivity index (χ4v) is 10.4. The molecule has 7 aromatic carbocycles. The van der Waals surface area contributed by atoms with Crippen LogP contribution in [0.25, 0.3) is 39.0 Å². The minimum Gasteiger partial charge on any atom is -0.310 e. The largest absolute Gasteiger partial charge is 0.310 e. The van der Waals surface area contributed by atoms with E-state index >= 15 is 0 Å². The van der Waals surface area contributed by atoms with Crippen molar-refractivity contribution in [3.63, 3.8) is 0 Å². The van der Waals surface area contributed by atoms with E-state index in [2.05, 4.69) is 196 Å². The molecule has 0 fully saturated rings. The van der Waals surface area contributed by atoms with E-state index in [-0.39, 0.29) is 5.41 Å². The number of aryl methyl sites for hydroxylation is 1. The Bertz CT molecular complexity index is 2710. The number of hydrogen-bond donors (Lipinski definition) is 0. The number of benzene rings is 7. The van der Waals surface area contributed by atoms with Gasteiger partial charge in [0.1, 0.15) is 0 Å². The third kappa shape index (κ3) is 4.16. The molecule has 4 aliphatic carbocycles. The third-order valence-corrected chi connectivity index (χ3v) is 12.8. The molecule has 1 heteroatoms. The first-order valence-electron chi connectivity index (χ1n) is 19.4. The van der Waals surface area contributed by atoms with Gasteiger partial charge in [-0.15, -0.1) is 0 Å². The molecule has 54 heavy (non-hydrogen) atoms. The molecule has 4 aliphatic rings. The SMILES string of the molecule is Cc1cc(C2=CCCC=C2)ccc1N(c1ccc2c(c1)C(C)(C)c1ccccc1-2)c1ccc2c(c1)C1(c3ccccc3-c3ccccc31)c1ccccc1-2. The van der Waals surface area contributed by atoms with Crippen LogP contribution in [0, 0.1) is 6.92 Å². The van der Waals surface area contributed by atoms with Gasteiger partial charge in [0.15, 0.2) is 0 Å². The van der Waals surface area contributed by atoms with Crippen molar-refractivity contribution in [3.05, 3.63) is 214 Å². The van der Waals surface area contributed by atoms with Gasteiger partial charge in [-0.1, -0.05) is 147 Å². The van der Waals surface area contributed by atoms with Crippen molar-refractivity contribution < 1.29 is 0 Å². The van der Waals surface area contributed by atoms with Gasteiger partial charge < -0.3 is 4.90 Å². The number of fused-ring (bicyclic) bond motifs is 13. The lowest BCUT2D eigenvalue weighted by Crippen LogP contribution is -2.26. The molecule has 1 spiro atoms. The number of hydrogen-bond acceptors (Lipinski definition) is 1. The van der Waals surface area contributed by atoms with Crippen molar-refractivity contribution >= 4 is 22.6 Å². The highest BCUT2D eigenvalue weighted by molar-refractivity contribution is 5.97. The zero-order valence-corrected chi connectivity index (χ0v) is 31.0. The van der Waals surface area contributed by atoms with E-state index in [9.17, 15) is 0 Å². The number of rotatable bonds is 4. The van der Waals surface area contributed by atoms with Crippen LogP contribution in [0.3, 0.4) is 0 Å². The first kappa shape index (κ1) is 31.4. The fraction of sp³-hybridized carbons (Fsp3) is 0.132. The second kappa shape index (κ2) is 11.4. The maximum atomic E-state index is 2.52. The van der Waals surface area contributed by atoms with Gasteiger partial charge in [-0.25, -0.2) is 0 Å². The molecule has 0 amide bonds. The van der Waals surface area contributed by atoms with Crippen LogP contribution in [0.5, 0.6) is 0 Å². The van der Waals surface area contributed by atoms with Crippen LogP contribution in [-0.2, 0) is 10.8 Å². The molecular formula is C53H41N. The lowest BCUT2D eigenvalue weighted by Gasteiger charge is -2.33. The summed E-state index contributed by atoms with van der Waals surface area (Å²) in [5.74, 6) is 0. The highest BCUT2D eigenvalue weighted by atomic mass is 15.1. The van der Waals surface area contributed by atoms with Crippen molar-refractivity contribution in [1.82, 2.24) is 0 Å². The normalized spacial score (nSPS) is 15.9. The summed E-state index contributed by atoms with van der Waals surface area (Å²) in [7, 11) is 0. The van der Waals surface area contributed by atoms with Gasteiger partial charge in [0.2, 0.25) is 0 Å². The van der Waals surface area contributed by atoms with E-state index in [0.29, 0.717) is 0 Å². The zero-order chi connectivity index (χ0) is 36.2. The molecule has 0 atom stereocenters. The van der Waals surface area contributed by atoms with Crippen molar-refractivity contribution in [3.8, 4) is 33.4 Å². The maximum absolute atomic E-state index is 2.52. The summed E-state index contributed by atoms with van der Waals surface area (Å²) in [5.41, 5.74) is 23.1. The summed E-state index contributed by atoms with van der Waals surface area (Å²) in [6.07, 6.45) is 9.17. The molecule has 0 saturated heterocycles. The van der Waals surface area contributed by atoms with E-state index in [1.54, 1.807) is 0 Å². The van der Waals surface area contributed by atoms with Crippen LogP contribution in [0.4, 0.5) is 17.1 Å². The molecule has 0 N–H and O–H groups in total. The van der Waals surface area contributed by atoms with E-state index in [4.69, 9.17) is 0 Å². The minimum absolute atomic E-state index is 0.104. The van der Waals surface area contributed by atoms with E-state index in [1.807, 2.05) is 0 Å². The molecule has 0 aliphatic heterocycles. The summed E-state index contributed by atoms with van der Waals surface area (Å²) in [6.45, 7) is 7.03. The lowest BCUT2D eigenvalue weighted by molar-refractivity contribution is 0.660. The highest BCUT2D eigenvalue weighted by Gasteiger charge is 2.51. The van der Waals surface area contributed by atoms with Crippen molar-refractivity contribution in [2.45, 2.75) is 44.4 Å². The lowest BCUT2D eigenvalue weighted by atomic mass is 9.70. The fourth-order valence-electron chi connectivity index (χ4n) is 10.4. The van der Waals surface area contributed by atoms with Crippen LogP contribution in [0.2, 0.25) is 0 Å². The number of nitrogens with zero attached hydrogens (tertiary/aromatic N) is 1. The molecule has 0 heterocycles. The Morgan fingerprint density at radius 2 is 0.963 bits per heavy atom. The first-order valence-corrected chi connectivity index (χ1v) is 19.4. The zero-order valence-electron chi connectivity index (χ0n) is 31.0. The molecule has 0 saturated carbocycles. The maximum Gasteiger partial charge on any atom is 0.0726 e. The summed E-state index contributed by atoms with van der Waals surface area (Å²) in [6, 6.07) is 57.7. The molecule has 0 radical (unpaired) electrons. The average molecular weight is 692 g/mol. The first-order chi connectivity index (χ1) is 26.5. The predicted octanol–water partition coefficient (Wildman–Crippen LogP) is 13.8. The number of allylic oxidation sites excluding steroid dienone is 4. The second-order valence-corrected chi connectivity index (χ2v) is 16.0. The Morgan fingerprint density at radius 3 is 1.52 bits per heavy atom. The number of anilines is 3. The quantitative estimate of drug-likeness (QED) is 0.178.